The van der Waals surface area contributed by atoms with Gasteiger partial charge in [0.25, 0.3) is 0 Å². The summed E-state index contributed by atoms with van der Waals surface area (Å²) in [6, 6.07) is 0.147. The lowest BCUT2D eigenvalue weighted by Gasteiger charge is -2.30. The second-order valence-electron chi connectivity index (χ2n) is 4.30. The molecular weight excluding hydrogens is 220 g/mol. The summed E-state index contributed by atoms with van der Waals surface area (Å²) in [5.74, 6) is -0.343. The third-order valence-electron chi connectivity index (χ3n) is 2.84. The molecule has 0 spiro atoms. The van der Waals surface area contributed by atoms with Crippen molar-refractivity contribution in [1.82, 2.24) is 10.2 Å². The lowest BCUT2D eigenvalue weighted by atomic mass is 9.93. The highest BCUT2D eigenvalue weighted by Crippen LogP contribution is 2.18. The molecule has 0 heterocycles. The third-order valence-corrected chi connectivity index (χ3v) is 2.84. The number of rotatable bonds is 6. The van der Waals surface area contributed by atoms with E-state index in [9.17, 15) is 9.59 Å². The molecule has 98 valence electrons. The molecule has 5 nitrogen and oxygen atoms in total. The van der Waals surface area contributed by atoms with E-state index in [1.54, 1.807) is 6.92 Å². The predicted octanol–water partition coefficient (Wildman–Crippen LogP) is 1.52. The molecule has 0 aliphatic heterocycles. The molecule has 1 fully saturated rings. The molecule has 1 N–H and O–H groups in total. The van der Waals surface area contributed by atoms with Gasteiger partial charge in [-0.2, -0.15) is 0 Å². The first-order valence-corrected chi connectivity index (χ1v) is 6.38. The van der Waals surface area contributed by atoms with Gasteiger partial charge in [-0.1, -0.05) is 6.92 Å². The van der Waals surface area contributed by atoms with Crippen molar-refractivity contribution in [2.24, 2.45) is 0 Å². The van der Waals surface area contributed by atoms with Gasteiger partial charge in [-0.05, 0) is 32.6 Å². The number of nitrogens with one attached hydrogen (secondary N) is 1. The van der Waals surface area contributed by atoms with Crippen molar-refractivity contribution in [3.8, 4) is 0 Å². The van der Waals surface area contributed by atoms with Gasteiger partial charge in [0, 0.05) is 12.6 Å². The van der Waals surface area contributed by atoms with E-state index in [2.05, 4.69) is 5.32 Å². The molecule has 0 unspecified atom stereocenters. The summed E-state index contributed by atoms with van der Waals surface area (Å²) < 4.78 is 4.85. The van der Waals surface area contributed by atoms with Crippen molar-refractivity contribution >= 4 is 12.0 Å². The standard InChI is InChI=1S/C12H22N2O3/c1-3-8-14(9-11(15)17-4-2)12(16)13-10-6-5-7-10/h10H,3-9H2,1-2H3,(H,13,16). The molecule has 1 rings (SSSR count). The molecule has 0 saturated heterocycles. The van der Waals surface area contributed by atoms with E-state index in [-0.39, 0.29) is 18.5 Å². The summed E-state index contributed by atoms with van der Waals surface area (Å²) in [5, 5.41) is 2.93. The Labute approximate surface area is 102 Å². The van der Waals surface area contributed by atoms with Crippen LogP contribution >= 0.6 is 0 Å². The Hall–Kier alpha value is -1.26. The average Bonchev–Trinajstić information content (AvgIpc) is 2.23. The van der Waals surface area contributed by atoms with Gasteiger partial charge in [0.1, 0.15) is 6.54 Å². The molecule has 0 radical (unpaired) electrons. The fourth-order valence-corrected chi connectivity index (χ4v) is 1.70. The Morgan fingerprint density at radius 3 is 2.53 bits per heavy atom. The second kappa shape index (κ2) is 7.14. The quantitative estimate of drug-likeness (QED) is 0.718. The molecule has 0 bridgehead atoms. The van der Waals surface area contributed by atoms with Crippen LogP contribution in [-0.4, -0.2) is 42.6 Å². The number of ether oxygens (including phenoxy) is 1. The van der Waals surface area contributed by atoms with E-state index in [1.165, 1.54) is 11.3 Å². The number of hydrogen-bond acceptors (Lipinski definition) is 3. The van der Waals surface area contributed by atoms with Crippen molar-refractivity contribution in [1.29, 1.82) is 0 Å². The molecule has 1 saturated carbocycles. The number of amides is 2. The van der Waals surface area contributed by atoms with Gasteiger partial charge < -0.3 is 15.0 Å². The van der Waals surface area contributed by atoms with Crippen LogP contribution in [-0.2, 0) is 9.53 Å². The number of carbonyl (C=O) groups excluding carboxylic acids is 2. The average molecular weight is 242 g/mol. The van der Waals surface area contributed by atoms with Crippen molar-refractivity contribution in [3.05, 3.63) is 0 Å². The Bertz CT molecular complexity index is 264. The molecule has 2 amide bonds. The van der Waals surface area contributed by atoms with Crippen molar-refractivity contribution < 1.29 is 14.3 Å². The largest absolute Gasteiger partial charge is 0.465 e. The van der Waals surface area contributed by atoms with Gasteiger partial charge in [0.05, 0.1) is 6.61 Å². The van der Waals surface area contributed by atoms with Gasteiger partial charge in [-0.15, -0.1) is 0 Å². The Morgan fingerprint density at radius 2 is 2.06 bits per heavy atom. The number of esters is 1. The van der Waals surface area contributed by atoms with E-state index in [0.29, 0.717) is 19.2 Å². The molecule has 1 aliphatic rings. The molecule has 1 aliphatic carbocycles. The Balaban J connectivity index is 2.39. The fraction of sp³-hybridized carbons (Fsp3) is 0.833. The Kier molecular flexibility index (Phi) is 5.80. The first-order valence-electron chi connectivity index (χ1n) is 6.38. The zero-order chi connectivity index (χ0) is 12.7. The van der Waals surface area contributed by atoms with Crippen LogP contribution in [0.25, 0.3) is 0 Å². The summed E-state index contributed by atoms with van der Waals surface area (Å²) in [6.07, 6.45) is 4.10. The lowest BCUT2D eigenvalue weighted by molar-refractivity contribution is -0.143. The van der Waals surface area contributed by atoms with Gasteiger partial charge in [0.15, 0.2) is 0 Å². The summed E-state index contributed by atoms with van der Waals surface area (Å²) in [4.78, 5) is 24.8. The van der Waals surface area contributed by atoms with E-state index in [1.807, 2.05) is 6.92 Å². The molecule has 0 aromatic heterocycles. The molecule has 0 aromatic rings. The van der Waals surface area contributed by atoms with Crippen LogP contribution in [0.15, 0.2) is 0 Å². The van der Waals surface area contributed by atoms with Crippen molar-refractivity contribution in [2.45, 2.75) is 45.6 Å². The maximum absolute atomic E-state index is 11.9. The fourth-order valence-electron chi connectivity index (χ4n) is 1.70. The number of hydrogen-bond donors (Lipinski definition) is 1. The zero-order valence-corrected chi connectivity index (χ0v) is 10.7. The van der Waals surface area contributed by atoms with Crippen LogP contribution in [0, 0.1) is 0 Å². The highest BCUT2D eigenvalue weighted by molar-refractivity contribution is 5.81. The first-order chi connectivity index (χ1) is 8.17. The summed E-state index contributed by atoms with van der Waals surface area (Å²) in [7, 11) is 0. The minimum absolute atomic E-state index is 0.0419. The maximum Gasteiger partial charge on any atom is 0.325 e. The van der Waals surface area contributed by atoms with E-state index >= 15 is 0 Å². The maximum atomic E-state index is 11.9. The van der Waals surface area contributed by atoms with Gasteiger partial charge in [-0.3, -0.25) is 4.79 Å². The zero-order valence-electron chi connectivity index (χ0n) is 10.7. The van der Waals surface area contributed by atoms with Crippen LogP contribution in [0.1, 0.15) is 39.5 Å². The number of urea groups is 1. The predicted molar refractivity (Wildman–Crippen MR) is 64.7 cm³/mol. The van der Waals surface area contributed by atoms with Crippen molar-refractivity contribution in [2.75, 3.05) is 19.7 Å². The number of carbonyl (C=O) groups is 2. The monoisotopic (exact) mass is 242 g/mol. The van der Waals surface area contributed by atoms with Gasteiger partial charge in [-0.25, -0.2) is 4.79 Å². The summed E-state index contributed by atoms with van der Waals surface area (Å²) in [5.41, 5.74) is 0. The SMILES string of the molecule is CCCN(CC(=O)OCC)C(=O)NC1CCC1. The molecule has 5 heteroatoms. The van der Waals surface area contributed by atoms with Crippen LogP contribution in [0.3, 0.4) is 0 Å². The molecule has 0 aromatic carbocycles. The number of nitrogens with zero attached hydrogens (tertiary/aromatic N) is 1. The minimum atomic E-state index is -0.343. The third kappa shape index (κ3) is 4.63. The van der Waals surface area contributed by atoms with E-state index in [0.717, 1.165) is 19.3 Å². The Morgan fingerprint density at radius 1 is 1.35 bits per heavy atom. The topological polar surface area (TPSA) is 58.6 Å². The first kappa shape index (κ1) is 13.8. The van der Waals surface area contributed by atoms with E-state index in [4.69, 9.17) is 4.74 Å². The van der Waals surface area contributed by atoms with Gasteiger partial charge >= 0.3 is 12.0 Å². The van der Waals surface area contributed by atoms with Crippen LogP contribution in [0.2, 0.25) is 0 Å². The van der Waals surface area contributed by atoms with Crippen LogP contribution in [0.5, 0.6) is 0 Å². The highest BCUT2D eigenvalue weighted by Gasteiger charge is 2.23. The van der Waals surface area contributed by atoms with E-state index < -0.39 is 0 Å². The normalized spacial score (nSPS) is 14.9. The molecule has 17 heavy (non-hydrogen) atoms. The lowest BCUT2D eigenvalue weighted by Crippen LogP contribution is -2.49. The summed E-state index contributed by atoms with van der Waals surface area (Å²) >= 11 is 0. The second-order valence-corrected chi connectivity index (χ2v) is 4.30. The summed E-state index contributed by atoms with van der Waals surface area (Å²) in [6.45, 7) is 4.71. The highest BCUT2D eigenvalue weighted by atomic mass is 16.5. The minimum Gasteiger partial charge on any atom is -0.465 e. The smallest absolute Gasteiger partial charge is 0.325 e. The van der Waals surface area contributed by atoms with Crippen LogP contribution in [0.4, 0.5) is 4.79 Å². The van der Waals surface area contributed by atoms with Crippen molar-refractivity contribution in [3.63, 3.8) is 0 Å². The molecular formula is C12H22N2O3. The van der Waals surface area contributed by atoms with Gasteiger partial charge in [0.2, 0.25) is 0 Å². The van der Waals surface area contributed by atoms with Crippen LogP contribution < -0.4 is 5.32 Å². The molecule has 0 atom stereocenters.